The number of nitrogens with one attached hydrogen (secondary N) is 2. The van der Waals surface area contributed by atoms with E-state index in [1.54, 1.807) is 19.2 Å². The molecule has 2 aromatic carbocycles. The number of hydrogen-bond donors (Lipinski definition) is 2. The first-order valence-corrected chi connectivity index (χ1v) is 9.59. The van der Waals surface area contributed by atoms with Crippen LogP contribution in [-0.2, 0) is 4.74 Å². The highest BCUT2D eigenvalue weighted by Crippen LogP contribution is 2.25. The van der Waals surface area contributed by atoms with Crippen molar-refractivity contribution in [1.82, 2.24) is 15.3 Å². The maximum absolute atomic E-state index is 11.9. The van der Waals surface area contributed by atoms with E-state index in [-0.39, 0.29) is 5.91 Å². The molecule has 1 aliphatic rings. The van der Waals surface area contributed by atoms with Gasteiger partial charge in [0.1, 0.15) is 5.82 Å². The highest BCUT2D eigenvalue weighted by Gasteiger charge is 2.16. The molecule has 7 nitrogen and oxygen atoms in total. The standard InChI is InChI=1S/C22H23N5O2/c1-23-21(28)17-8-5-9-18(14-17)24-22-25-19(16-6-3-2-4-7-16)15-20(26-22)27-10-12-29-13-11-27/h2-9,14-15H,10-13H2,1H3,(H,23,28)(H,24,25,26). The van der Waals surface area contributed by atoms with Crippen LogP contribution in [0.3, 0.4) is 0 Å². The number of ether oxygens (including phenoxy) is 1. The second-order valence-electron chi connectivity index (χ2n) is 6.69. The van der Waals surface area contributed by atoms with Crippen molar-refractivity contribution < 1.29 is 9.53 Å². The maximum Gasteiger partial charge on any atom is 0.251 e. The van der Waals surface area contributed by atoms with E-state index in [2.05, 4.69) is 15.5 Å². The lowest BCUT2D eigenvalue weighted by molar-refractivity contribution is 0.0963. The smallest absolute Gasteiger partial charge is 0.251 e. The second kappa shape index (κ2) is 8.70. The van der Waals surface area contributed by atoms with E-state index in [1.807, 2.05) is 48.5 Å². The van der Waals surface area contributed by atoms with E-state index >= 15 is 0 Å². The molecule has 1 amide bonds. The van der Waals surface area contributed by atoms with Crippen molar-refractivity contribution in [2.75, 3.05) is 43.6 Å². The molecule has 2 heterocycles. The summed E-state index contributed by atoms with van der Waals surface area (Å²) < 4.78 is 5.47. The molecule has 0 unspecified atom stereocenters. The number of carbonyl (C=O) groups excluding carboxylic acids is 1. The first-order valence-electron chi connectivity index (χ1n) is 9.59. The van der Waals surface area contributed by atoms with Crippen LogP contribution in [0.15, 0.2) is 60.7 Å². The number of nitrogens with zero attached hydrogens (tertiary/aromatic N) is 3. The van der Waals surface area contributed by atoms with Gasteiger partial charge >= 0.3 is 0 Å². The van der Waals surface area contributed by atoms with E-state index in [9.17, 15) is 4.79 Å². The lowest BCUT2D eigenvalue weighted by atomic mass is 10.1. The largest absolute Gasteiger partial charge is 0.378 e. The van der Waals surface area contributed by atoms with Gasteiger partial charge in [0.15, 0.2) is 0 Å². The number of anilines is 3. The maximum atomic E-state index is 11.9. The average molecular weight is 389 g/mol. The van der Waals surface area contributed by atoms with Crippen molar-refractivity contribution in [2.45, 2.75) is 0 Å². The van der Waals surface area contributed by atoms with E-state index in [0.29, 0.717) is 24.7 Å². The van der Waals surface area contributed by atoms with Gasteiger partial charge in [0.25, 0.3) is 5.91 Å². The predicted molar refractivity (Wildman–Crippen MR) is 114 cm³/mol. The van der Waals surface area contributed by atoms with E-state index in [4.69, 9.17) is 14.7 Å². The van der Waals surface area contributed by atoms with Gasteiger partial charge in [-0.2, -0.15) is 4.98 Å². The summed E-state index contributed by atoms with van der Waals surface area (Å²) in [5, 5.41) is 5.89. The first-order chi connectivity index (χ1) is 14.2. The molecule has 29 heavy (non-hydrogen) atoms. The minimum atomic E-state index is -0.137. The lowest BCUT2D eigenvalue weighted by Gasteiger charge is -2.28. The van der Waals surface area contributed by atoms with Gasteiger partial charge in [-0.25, -0.2) is 4.98 Å². The van der Waals surface area contributed by atoms with Crippen LogP contribution in [0.4, 0.5) is 17.5 Å². The SMILES string of the molecule is CNC(=O)c1cccc(Nc2nc(-c3ccccc3)cc(N3CCOCC3)n2)c1. The summed E-state index contributed by atoms with van der Waals surface area (Å²) in [6.07, 6.45) is 0. The second-order valence-corrected chi connectivity index (χ2v) is 6.69. The Morgan fingerprint density at radius 2 is 1.79 bits per heavy atom. The van der Waals surface area contributed by atoms with E-state index < -0.39 is 0 Å². The Labute approximate surface area is 169 Å². The van der Waals surface area contributed by atoms with E-state index in [1.165, 1.54) is 0 Å². The zero-order valence-electron chi connectivity index (χ0n) is 16.3. The average Bonchev–Trinajstić information content (AvgIpc) is 2.79. The molecule has 3 aromatic rings. The lowest BCUT2D eigenvalue weighted by Crippen LogP contribution is -2.36. The Hall–Kier alpha value is -3.45. The molecule has 0 aliphatic carbocycles. The first kappa shape index (κ1) is 18.9. The summed E-state index contributed by atoms with van der Waals surface area (Å²) >= 11 is 0. The third-order valence-electron chi connectivity index (χ3n) is 4.73. The van der Waals surface area contributed by atoms with Gasteiger partial charge in [-0.1, -0.05) is 36.4 Å². The third-order valence-corrected chi connectivity index (χ3v) is 4.73. The third kappa shape index (κ3) is 4.52. The molecule has 0 saturated carbocycles. The Morgan fingerprint density at radius 3 is 2.55 bits per heavy atom. The zero-order chi connectivity index (χ0) is 20.1. The molecule has 0 atom stereocenters. The Kier molecular flexibility index (Phi) is 5.67. The van der Waals surface area contributed by atoms with Crippen molar-refractivity contribution in [3.8, 4) is 11.3 Å². The number of rotatable bonds is 5. The molecule has 7 heteroatoms. The van der Waals surface area contributed by atoms with Crippen LogP contribution in [0.2, 0.25) is 0 Å². The van der Waals surface area contributed by atoms with Gasteiger partial charge < -0.3 is 20.3 Å². The number of aromatic nitrogens is 2. The molecule has 1 saturated heterocycles. The van der Waals surface area contributed by atoms with Crippen LogP contribution in [0, 0.1) is 0 Å². The van der Waals surface area contributed by atoms with Crippen LogP contribution < -0.4 is 15.5 Å². The Bertz CT molecular complexity index is 988. The summed E-state index contributed by atoms with van der Waals surface area (Å²) in [5.74, 6) is 1.20. The summed E-state index contributed by atoms with van der Waals surface area (Å²) in [4.78, 5) is 23.6. The predicted octanol–water partition coefficient (Wildman–Crippen LogP) is 3.08. The van der Waals surface area contributed by atoms with Gasteiger partial charge in [-0.15, -0.1) is 0 Å². The molecule has 148 valence electrons. The number of benzene rings is 2. The fourth-order valence-electron chi connectivity index (χ4n) is 3.21. The van der Waals surface area contributed by atoms with Gasteiger partial charge in [0, 0.05) is 43.0 Å². The van der Waals surface area contributed by atoms with Crippen molar-refractivity contribution in [3.63, 3.8) is 0 Å². The molecular weight excluding hydrogens is 366 g/mol. The number of amides is 1. The van der Waals surface area contributed by atoms with Crippen LogP contribution >= 0.6 is 0 Å². The molecule has 1 fully saturated rings. The van der Waals surface area contributed by atoms with Gasteiger partial charge in [-0.05, 0) is 18.2 Å². The summed E-state index contributed by atoms with van der Waals surface area (Å²) in [5.41, 5.74) is 3.19. The Balaban J connectivity index is 1.69. The van der Waals surface area contributed by atoms with Crippen molar-refractivity contribution in [2.24, 2.45) is 0 Å². The fraction of sp³-hybridized carbons (Fsp3) is 0.227. The topological polar surface area (TPSA) is 79.4 Å². The zero-order valence-corrected chi connectivity index (χ0v) is 16.3. The highest BCUT2D eigenvalue weighted by atomic mass is 16.5. The van der Waals surface area contributed by atoms with Crippen LogP contribution in [0.5, 0.6) is 0 Å². The molecular formula is C22H23N5O2. The number of carbonyl (C=O) groups is 1. The van der Waals surface area contributed by atoms with Crippen LogP contribution in [0.1, 0.15) is 10.4 Å². The molecule has 0 spiro atoms. The molecule has 4 rings (SSSR count). The quantitative estimate of drug-likeness (QED) is 0.698. The van der Waals surface area contributed by atoms with Crippen molar-refractivity contribution >= 4 is 23.4 Å². The van der Waals surface area contributed by atoms with Crippen LogP contribution in [0.25, 0.3) is 11.3 Å². The van der Waals surface area contributed by atoms with Gasteiger partial charge in [-0.3, -0.25) is 4.79 Å². The summed E-state index contributed by atoms with van der Waals surface area (Å²) in [6, 6.07) is 19.3. The molecule has 2 N–H and O–H groups in total. The number of morpholine rings is 1. The summed E-state index contributed by atoms with van der Waals surface area (Å²) in [6.45, 7) is 2.94. The minimum Gasteiger partial charge on any atom is -0.378 e. The Morgan fingerprint density at radius 1 is 1.00 bits per heavy atom. The summed E-state index contributed by atoms with van der Waals surface area (Å²) in [7, 11) is 1.61. The molecule has 1 aromatic heterocycles. The monoisotopic (exact) mass is 389 g/mol. The number of hydrogen-bond acceptors (Lipinski definition) is 6. The minimum absolute atomic E-state index is 0.137. The fourth-order valence-corrected chi connectivity index (χ4v) is 3.21. The molecule has 0 bridgehead atoms. The molecule has 1 aliphatic heterocycles. The van der Waals surface area contributed by atoms with Crippen molar-refractivity contribution in [1.29, 1.82) is 0 Å². The van der Waals surface area contributed by atoms with E-state index in [0.717, 1.165) is 35.9 Å². The normalized spacial score (nSPS) is 13.8. The highest BCUT2D eigenvalue weighted by molar-refractivity contribution is 5.95. The van der Waals surface area contributed by atoms with Gasteiger partial charge in [0.05, 0.1) is 18.9 Å². The van der Waals surface area contributed by atoms with Crippen LogP contribution in [-0.4, -0.2) is 49.2 Å². The van der Waals surface area contributed by atoms with Crippen molar-refractivity contribution in [3.05, 3.63) is 66.2 Å². The molecule has 0 radical (unpaired) electrons. The van der Waals surface area contributed by atoms with Gasteiger partial charge in [0.2, 0.25) is 5.95 Å².